The maximum absolute atomic E-state index is 15.7. The van der Waals surface area contributed by atoms with Crippen LogP contribution in [0.2, 0.25) is 10.0 Å². The summed E-state index contributed by atoms with van der Waals surface area (Å²) in [7, 11) is 0. The number of hydrogen-bond donors (Lipinski definition) is 2. The van der Waals surface area contributed by atoms with Crippen molar-refractivity contribution in [2.75, 3.05) is 42.8 Å². The van der Waals surface area contributed by atoms with Crippen molar-refractivity contribution in [1.82, 2.24) is 10.2 Å². The Kier molecular flexibility index (Phi) is 7.09. The number of carboxylic acids is 1. The molecule has 0 saturated carbocycles. The lowest BCUT2D eigenvalue weighted by molar-refractivity contribution is 0.0516. The van der Waals surface area contributed by atoms with Gasteiger partial charge in [0.15, 0.2) is 6.73 Å². The van der Waals surface area contributed by atoms with Crippen LogP contribution in [0.3, 0.4) is 0 Å². The number of halogens is 3. The molecule has 45 heavy (non-hydrogen) atoms. The minimum absolute atomic E-state index is 0.0378. The molecule has 5 aliphatic heterocycles. The second kappa shape index (κ2) is 11.0. The van der Waals surface area contributed by atoms with Crippen molar-refractivity contribution in [3.05, 3.63) is 75.0 Å². The average molecular weight is 654 g/mol. The van der Waals surface area contributed by atoms with Crippen LogP contribution in [0, 0.1) is 5.82 Å². The number of piperazine rings is 1. The van der Waals surface area contributed by atoms with Crippen molar-refractivity contribution in [2.45, 2.75) is 50.0 Å². The molecule has 5 heterocycles. The van der Waals surface area contributed by atoms with E-state index in [9.17, 15) is 14.7 Å². The molecule has 12 heteroatoms. The summed E-state index contributed by atoms with van der Waals surface area (Å²) < 4.78 is 27.5. The van der Waals surface area contributed by atoms with E-state index in [1.54, 1.807) is 30.3 Å². The van der Waals surface area contributed by atoms with E-state index in [-0.39, 0.29) is 58.0 Å². The zero-order chi connectivity index (χ0) is 31.0. The highest BCUT2D eigenvalue weighted by atomic mass is 35.5. The third-order valence-electron chi connectivity index (χ3n) is 9.86. The maximum Gasteiger partial charge on any atom is 0.337 e. The monoisotopic (exact) mass is 652 g/mol. The topological polar surface area (TPSA) is 94.6 Å². The molecule has 0 aliphatic carbocycles. The summed E-state index contributed by atoms with van der Waals surface area (Å²) >= 11 is 13.4. The Morgan fingerprint density at radius 1 is 1.00 bits per heavy atom. The molecule has 234 valence electrons. The lowest BCUT2D eigenvalue weighted by atomic mass is 9.96. The van der Waals surface area contributed by atoms with E-state index in [0.717, 1.165) is 44.1 Å². The van der Waals surface area contributed by atoms with Gasteiger partial charge in [0, 0.05) is 47.6 Å². The van der Waals surface area contributed by atoms with E-state index in [0.29, 0.717) is 47.9 Å². The van der Waals surface area contributed by atoms with Crippen LogP contribution >= 0.6 is 23.2 Å². The van der Waals surface area contributed by atoms with Gasteiger partial charge < -0.3 is 34.6 Å². The second-order valence-electron chi connectivity index (χ2n) is 12.5. The molecule has 4 bridgehead atoms. The van der Waals surface area contributed by atoms with Crippen LogP contribution in [0.25, 0.3) is 11.1 Å². The smallest absolute Gasteiger partial charge is 0.337 e. The zero-order valence-corrected chi connectivity index (χ0v) is 25.8. The van der Waals surface area contributed by atoms with Gasteiger partial charge in [-0.25, -0.2) is 9.18 Å². The average Bonchev–Trinajstić information content (AvgIpc) is 3.73. The van der Waals surface area contributed by atoms with Crippen molar-refractivity contribution in [1.29, 1.82) is 0 Å². The highest BCUT2D eigenvalue weighted by Gasteiger charge is 2.40. The molecule has 9 nitrogen and oxygen atoms in total. The number of carbonyl (C=O) groups excluding carboxylic acids is 1. The molecule has 3 aromatic carbocycles. The van der Waals surface area contributed by atoms with Crippen molar-refractivity contribution in [2.24, 2.45) is 0 Å². The Bertz CT molecular complexity index is 1700. The van der Waals surface area contributed by atoms with Gasteiger partial charge in [-0.15, -0.1) is 0 Å². The molecule has 3 aromatic rings. The number of rotatable bonds is 5. The van der Waals surface area contributed by atoms with Gasteiger partial charge in [0.2, 0.25) is 0 Å². The van der Waals surface area contributed by atoms with Gasteiger partial charge in [-0.1, -0.05) is 41.4 Å². The summed E-state index contributed by atoms with van der Waals surface area (Å²) in [6.45, 7) is 2.91. The fourth-order valence-corrected chi connectivity index (χ4v) is 8.39. The van der Waals surface area contributed by atoms with Gasteiger partial charge in [0.25, 0.3) is 5.91 Å². The summed E-state index contributed by atoms with van der Waals surface area (Å²) in [6, 6.07) is 12.6. The number of hydrogen-bond acceptors (Lipinski definition) is 7. The third-order valence-corrected chi connectivity index (χ3v) is 10.5. The molecule has 2 N–H and O–H groups in total. The van der Waals surface area contributed by atoms with Crippen molar-refractivity contribution in [3.63, 3.8) is 0 Å². The number of anilines is 2. The number of nitrogens with one attached hydrogen (secondary N) is 1. The standard InChI is InChI=1S/C33H31Cl2FN4O5/c34-26-7-21(39-13-18-6-22(39)11-37-18)8-27(35)30(26)32(41)38-12-17-2-1-3-23(31(17)45-16-38)24-10-29(25(33(42)43)9-28(24)36)40-19-4-5-20(40)15-44-14-19/h1-3,7-10,18-20,22,37H,4-6,11-16H2,(H,42,43)/t18-,19?,20?,22-/m0/s1. The fraction of sp³-hybridized carbons (Fsp3) is 0.394. The van der Waals surface area contributed by atoms with E-state index >= 15 is 4.39 Å². The minimum atomic E-state index is -1.18. The summed E-state index contributed by atoms with van der Waals surface area (Å²) in [5, 5.41) is 14.0. The van der Waals surface area contributed by atoms with Gasteiger partial charge in [-0.3, -0.25) is 4.79 Å². The van der Waals surface area contributed by atoms with Crippen LogP contribution in [0.1, 0.15) is 45.5 Å². The summed E-state index contributed by atoms with van der Waals surface area (Å²) in [5.74, 6) is -1.76. The largest absolute Gasteiger partial charge is 0.478 e. The number of benzene rings is 3. The normalized spacial score (nSPS) is 25.0. The molecule has 0 spiro atoms. The molecule has 4 atom stereocenters. The van der Waals surface area contributed by atoms with E-state index < -0.39 is 11.8 Å². The molecule has 5 aliphatic rings. The number of carboxylic acid groups (broad SMARTS) is 1. The fourth-order valence-electron chi connectivity index (χ4n) is 7.76. The van der Waals surface area contributed by atoms with Crippen molar-refractivity contribution >= 4 is 46.5 Å². The first kappa shape index (κ1) is 28.9. The number of aromatic carboxylic acids is 1. The summed E-state index contributed by atoms with van der Waals surface area (Å²) in [5.41, 5.74) is 2.94. The van der Waals surface area contributed by atoms with Crippen LogP contribution in [-0.2, 0) is 11.3 Å². The summed E-state index contributed by atoms with van der Waals surface area (Å²) in [4.78, 5) is 31.8. The van der Waals surface area contributed by atoms with Crippen LogP contribution in [-0.4, -0.2) is 79.1 Å². The van der Waals surface area contributed by atoms with E-state index in [1.807, 2.05) is 6.07 Å². The van der Waals surface area contributed by atoms with Gasteiger partial charge in [0.1, 0.15) is 11.6 Å². The molecule has 1 amide bonds. The minimum Gasteiger partial charge on any atom is -0.478 e. The second-order valence-corrected chi connectivity index (χ2v) is 13.3. The first-order valence-electron chi connectivity index (χ1n) is 15.2. The van der Waals surface area contributed by atoms with Gasteiger partial charge >= 0.3 is 5.97 Å². The molecule has 0 aromatic heterocycles. The summed E-state index contributed by atoms with van der Waals surface area (Å²) in [6.07, 6.45) is 2.85. The van der Waals surface area contributed by atoms with Gasteiger partial charge in [-0.05, 0) is 43.5 Å². The van der Waals surface area contributed by atoms with Gasteiger partial charge in [0.05, 0.1) is 58.7 Å². The predicted molar refractivity (Wildman–Crippen MR) is 168 cm³/mol. The highest BCUT2D eigenvalue weighted by Crippen LogP contribution is 2.44. The lowest BCUT2D eigenvalue weighted by Crippen LogP contribution is -2.46. The first-order valence-corrected chi connectivity index (χ1v) is 16.0. The highest BCUT2D eigenvalue weighted by molar-refractivity contribution is 6.40. The Morgan fingerprint density at radius 2 is 1.76 bits per heavy atom. The number of carbonyl (C=O) groups is 2. The lowest BCUT2D eigenvalue weighted by Gasteiger charge is -2.37. The van der Waals surface area contributed by atoms with Crippen LogP contribution < -0.4 is 19.9 Å². The third kappa shape index (κ3) is 4.81. The number of morpholine rings is 1. The van der Waals surface area contributed by atoms with Crippen LogP contribution in [0.15, 0.2) is 42.5 Å². The number of nitrogens with zero attached hydrogens (tertiary/aromatic N) is 3. The molecule has 2 unspecified atom stereocenters. The molecular formula is C33H31Cl2FN4O5. The Morgan fingerprint density at radius 3 is 2.42 bits per heavy atom. The molecule has 8 rings (SSSR count). The maximum atomic E-state index is 15.7. The van der Waals surface area contributed by atoms with Crippen molar-refractivity contribution < 1.29 is 28.6 Å². The van der Waals surface area contributed by atoms with Crippen LogP contribution in [0.5, 0.6) is 5.75 Å². The number of ether oxygens (including phenoxy) is 2. The predicted octanol–water partition coefficient (Wildman–Crippen LogP) is 5.41. The number of fused-ring (bicyclic) bond motifs is 5. The Hall–Kier alpha value is -3.57. The number of para-hydroxylation sites is 1. The van der Waals surface area contributed by atoms with Gasteiger partial charge in [-0.2, -0.15) is 0 Å². The Labute approximate surface area is 269 Å². The first-order chi connectivity index (χ1) is 21.8. The molecule has 0 radical (unpaired) electrons. The SMILES string of the molecule is O=C(O)c1cc(F)c(-c2cccc3c2OCN(C(=O)c2c(Cl)cc(N4C[C@@H]5C[C@H]4CN5)cc2Cl)C3)cc1N1C2CCC1COC2. The number of amides is 1. The van der Waals surface area contributed by atoms with E-state index in [4.69, 9.17) is 32.7 Å². The molecular weight excluding hydrogens is 622 g/mol. The van der Waals surface area contributed by atoms with Crippen molar-refractivity contribution in [3.8, 4) is 16.9 Å². The molecule has 4 fully saturated rings. The Balaban J connectivity index is 1.09. The molecule has 4 saturated heterocycles. The van der Waals surface area contributed by atoms with E-state index in [1.165, 1.54) is 4.90 Å². The van der Waals surface area contributed by atoms with E-state index in [2.05, 4.69) is 15.1 Å². The quantitative estimate of drug-likeness (QED) is 0.378. The zero-order valence-electron chi connectivity index (χ0n) is 24.3. The van der Waals surface area contributed by atoms with Crippen LogP contribution in [0.4, 0.5) is 15.8 Å².